The third-order valence-electron chi connectivity index (χ3n) is 4.61. The fraction of sp³-hybridized carbons (Fsp3) is 0.706. The lowest BCUT2D eigenvalue weighted by atomic mass is 10.2. The normalized spacial score (nSPS) is 20.4. The molecule has 0 bridgehead atoms. The number of carbonyl (C=O) groups excluding carboxylic acids is 2. The Morgan fingerprint density at radius 3 is 2.92 bits per heavy atom. The van der Waals surface area contributed by atoms with Crippen LogP contribution < -0.4 is 5.32 Å². The second kappa shape index (κ2) is 7.97. The summed E-state index contributed by atoms with van der Waals surface area (Å²) in [6.07, 6.45) is 2.27. The van der Waals surface area contributed by atoms with Crippen LogP contribution in [0.2, 0.25) is 0 Å². The number of hydrogen-bond acceptors (Lipinski definition) is 5. The van der Waals surface area contributed by atoms with Gasteiger partial charge < -0.3 is 19.9 Å². The molecule has 1 saturated heterocycles. The molecule has 2 aliphatic heterocycles. The molecule has 1 unspecified atom stereocenters. The van der Waals surface area contributed by atoms with Crippen molar-refractivity contribution in [2.24, 2.45) is 0 Å². The van der Waals surface area contributed by atoms with Crippen molar-refractivity contribution in [1.29, 1.82) is 0 Å². The van der Waals surface area contributed by atoms with Gasteiger partial charge in [-0.1, -0.05) is 0 Å². The highest BCUT2D eigenvalue weighted by molar-refractivity contribution is 5.92. The van der Waals surface area contributed by atoms with Gasteiger partial charge in [0, 0.05) is 32.8 Å². The van der Waals surface area contributed by atoms with E-state index in [1.54, 1.807) is 6.07 Å². The minimum absolute atomic E-state index is 0.0594. The van der Waals surface area contributed by atoms with Crippen molar-refractivity contribution in [2.75, 3.05) is 40.3 Å². The maximum Gasteiger partial charge on any atom is 0.271 e. The minimum Gasteiger partial charge on any atom is -0.368 e. The van der Waals surface area contributed by atoms with Gasteiger partial charge in [0.15, 0.2) is 5.69 Å². The summed E-state index contributed by atoms with van der Waals surface area (Å²) >= 11 is 0. The van der Waals surface area contributed by atoms with Crippen molar-refractivity contribution in [3.05, 3.63) is 17.5 Å². The average molecular weight is 349 g/mol. The number of hydrogen-bond donors (Lipinski definition) is 1. The first kappa shape index (κ1) is 17.9. The van der Waals surface area contributed by atoms with Crippen LogP contribution in [0.4, 0.5) is 0 Å². The number of aromatic nitrogens is 2. The largest absolute Gasteiger partial charge is 0.368 e. The van der Waals surface area contributed by atoms with Gasteiger partial charge in [0.05, 0.1) is 12.2 Å². The second-order valence-electron chi connectivity index (χ2n) is 6.92. The molecule has 3 heterocycles. The topological polar surface area (TPSA) is 79.7 Å². The molecule has 2 amide bonds. The van der Waals surface area contributed by atoms with Gasteiger partial charge in [-0.15, -0.1) is 0 Å². The summed E-state index contributed by atoms with van der Waals surface area (Å²) in [5.74, 6) is -0.108. The van der Waals surface area contributed by atoms with Crippen molar-refractivity contribution in [3.8, 4) is 0 Å². The molecule has 1 N–H and O–H groups in total. The number of amides is 2. The van der Waals surface area contributed by atoms with Gasteiger partial charge >= 0.3 is 0 Å². The zero-order valence-electron chi connectivity index (χ0n) is 15.0. The Balaban J connectivity index is 1.64. The molecule has 0 spiro atoms. The summed E-state index contributed by atoms with van der Waals surface area (Å²) in [6, 6.07) is 1.80. The fourth-order valence-corrected chi connectivity index (χ4v) is 3.22. The van der Waals surface area contributed by atoms with Gasteiger partial charge in [0.2, 0.25) is 0 Å². The van der Waals surface area contributed by atoms with Crippen molar-refractivity contribution in [3.63, 3.8) is 0 Å². The molecule has 1 aromatic heterocycles. The SMILES string of the molecule is CN(C)CCNC(=O)c1cc2n(n1)CCCN(C(=O)C1CCCO1)C2. The number of fused-ring (bicyclic) bond motifs is 1. The number of carbonyl (C=O) groups is 2. The van der Waals surface area contributed by atoms with Crippen LogP contribution in [0.5, 0.6) is 0 Å². The quantitative estimate of drug-likeness (QED) is 0.815. The Morgan fingerprint density at radius 2 is 2.20 bits per heavy atom. The predicted octanol–water partition coefficient (Wildman–Crippen LogP) is 0.0858. The molecule has 25 heavy (non-hydrogen) atoms. The Labute approximate surface area is 148 Å². The molecular formula is C17H27N5O3. The summed E-state index contributed by atoms with van der Waals surface area (Å²) < 4.78 is 7.37. The third kappa shape index (κ3) is 4.38. The molecule has 2 aliphatic rings. The molecule has 8 nitrogen and oxygen atoms in total. The molecule has 0 aromatic carbocycles. The highest BCUT2D eigenvalue weighted by atomic mass is 16.5. The Bertz CT molecular complexity index is 622. The number of ether oxygens (including phenoxy) is 1. The van der Waals surface area contributed by atoms with Crippen LogP contribution in [-0.2, 0) is 22.6 Å². The highest BCUT2D eigenvalue weighted by Gasteiger charge is 2.30. The molecule has 0 aliphatic carbocycles. The van der Waals surface area contributed by atoms with Gasteiger partial charge in [0.1, 0.15) is 6.10 Å². The lowest BCUT2D eigenvalue weighted by molar-refractivity contribution is -0.141. The van der Waals surface area contributed by atoms with E-state index in [9.17, 15) is 9.59 Å². The van der Waals surface area contributed by atoms with Crippen LogP contribution in [-0.4, -0.2) is 77.8 Å². The average Bonchev–Trinajstić information content (AvgIpc) is 3.20. The van der Waals surface area contributed by atoms with Crippen LogP contribution in [0.3, 0.4) is 0 Å². The van der Waals surface area contributed by atoms with E-state index in [4.69, 9.17) is 4.74 Å². The van der Waals surface area contributed by atoms with E-state index in [0.717, 1.165) is 38.0 Å². The number of nitrogens with one attached hydrogen (secondary N) is 1. The zero-order valence-corrected chi connectivity index (χ0v) is 15.0. The zero-order chi connectivity index (χ0) is 17.8. The van der Waals surface area contributed by atoms with Crippen LogP contribution in [0.1, 0.15) is 35.4 Å². The smallest absolute Gasteiger partial charge is 0.271 e. The van der Waals surface area contributed by atoms with Gasteiger partial charge in [-0.2, -0.15) is 5.10 Å². The summed E-state index contributed by atoms with van der Waals surface area (Å²) in [5, 5.41) is 7.30. The lowest BCUT2D eigenvalue weighted by Crippen LogP contribution is -2.38. The maximum atomic E-state index is 12.6. The van der Waals surface area contributed by atoms with E-state index in [0.29, 0.717) is 31.9 Å². The molecule has 1 fully saturated rings. The van der Waals surface area contributed by atoms with Gasteiger partial charge in [-0.3, -0.25) is 14.3 Å². The molecular weight excluding hydrogens is 322 g/mol. The summed E-state index contributed by atoms with van der Waals surface area (Å²) in [4.78, 5) is 28.7. The van der Waals surface area contributed by atoms with E-state index >= 15 is 0 Å². The first-order chi connectivity index (χ1) is 12.0. The maximum absolute atomic E-state index is 12.6. The van der Waals surface area contributed by atoms with E-state index < -0.39 is 0 Å². The highest BCUT2D eigenvalue weighted by Crippen LogP contribution is 2.19. The monoisotopic (exact) mass is 349 g/mol. The number of aryl methyl sites for hydroxylation is 1. The standard InChI is InChI=1S/C17H27N5O3/c1-20(2)9-6-18-16(23)14-11-13-12-21(7-4-8-22(13)19-14)17(24)15-5-3-10-25-15/h11,15H,3-10,12H2,1-2H3,(H,18,23). The summed E-state index contributed by atoms with van der Waals surface area (Å²) in [7, 11) is 3.93. The number of rotatable bonds is 5. The Morgan fingerprint density at radius 1 is 1.36 bits per heavy atom. The van der Waals surface area contributed by atoms with Crippen molar-refractivity contribution in [2.45, 2.75) is 38.5 Å². The number of nitrogens with zero attached hydrogens (tertiary/aromatic N) is 4. The Hall–Kier alpha value is -1.93. The van der Waals surface area contributed by atoms with E-state index in [2.05, 4.69) is 10.4 Å². The lowest BCUT2D eigenvalue weighted by Gasteiger charge is -2.23. The van der Waals surface area contributed by atoms with Gasteiger partial charge in [-0.05, 0) is 39.4 Å². The fourth-order valence-electron chi connectivity index (χ4n) is 3.22. The summed E-state index contributed by atoms with van der Waals surface area (Å²) in [6.45, 7) is 3.93. The first-order valence-corrected chi connectivity index (χ1v) is 8.94. The predicted molar refractivity (Wildman–Crippen MR) is 92.1 cm³/mol. The van der Waals surface area contributed by atoms with Crippen molar-refractivity contribution >= 4 is 11.8 Å². The number of likely N-dealkylation sites (N-methyl/N-ethyl adjacent to an activating group) is 1. The van der Waals surface area contributed by atoms with E-state index in [1.165, 1.54) is 0 Å². The van der Waals surface area contributed by atoms with Crippen LogP contribution in [0.25, 0.3) is 0 Å². The van der Waals surface area contributed by atoms with Crippen LogP contribution in [0.15, 0.2) is 6.07 Å². The van der Waals surface area contributed by atoms with Crippen molar-refractivity contribution in [1.82, 2.24) is 24.9 Å². The van der Waals surface area contributed by atoms with Crippen molar-refractivity contribution < 1.29 is 14.3 Å². The summed E-state index contributed by atoms with van der Waals surface area (Å²) in [5.41, 5.74) is 1.32. The molecule has 0 saturated carbocycles. The second-order valence-corrected chi connectivity index (χ2v) is 6.92. The van der Waals surface area contributed by atoms with Gasteiger partial charge in [0.25, 0.3) is 11.8 Å². The van der Waals surface area contributed by atoms with E-state index in [-0.39, 0.29) is 17.9 Å². The first-order valence-electron chi connectivity index (χ1n) is 8.94. The van der Waals surface area contributed by atoms with Gasteiger partial charge in [-0.25, -0.2) is 0 Å². The van der Waals surface area contributed by atoms with Crippen LogP contribution in [0, 0.1) is 0 Å². The van der Waals surface area contributed by atoms with E-state index in [1.807, 2.05) is 28.6 Å². The molecule has 3 rings (SSSR count). The molecule has 1 aromatic rings. The minimum atomic E-state index is -0.303. The molecule has 138 valence electrons. The Kier molecular flexibility index (Phi) is 5.70. The van der Waals surface area contributed by atoms with Crippen LogP contribution >= 0.6 is 0 Å². The molecule has 0 radical (unpaired) electrons. The molecule has 1 atom stereocenters. The molecule has 8 heteroatoms. The third-order valence-corrected chi connectivity index (χ3v) is 4.61.